The molecule has 0 saturated heterocycles. The fraction of sp³-hybridized carbons (Fsp3) is 0.105. The number of carbonyl (C=O) groups excluding carboxylic acids is 2. The van der Waals surface area contributed by atoms with Crippen molar-refractivity contribution >= 4 is 22.7 Å². The average molecular weight is 349 g/mol. The van der Waals surface area contributed by atoms with Crippen molar-refractivity contribution < 1.29 is 19.1 Å². The van der Waals surface area contributed by atoms with E-state index in [-0.39, 0.29) is 12.3 Å². The molecule has 7 nitrogen and oxygen atoms in total. The summed E-state index contributed by atoms with van der Waals surface area (Å²) in [6.07, 6.45) is -0.852. The third-order valence-corrected chi connectivity index (χ3v) is 3.93. The number of carbonyl (C=O) groups is 2. The Morgan fingerprint density at radius 3 is 2.58 bits per heavy atom. The number of nitrogens with zero attached hydrogens (tertiary/aromatic N) is 1. The van der Waals surface area contributed by atoms with E-state index in [4.69, 9.17) is 9.47 Å². The normalized spacial score (nSPS) is 15.3. The molecule has 0 fully saturated rings. The number of amides is 2. The lowest BCUT2D eigenvalue weighted by molar-refractivity contribution is -0.131. The van der Waals surface area contributed by atoms with Crippen LogP contribution in [0.2, 0.25) is 0 Å². The maximum absolute atomic E-state index is 12.2. The highest BCUT2D eigenvalue weighted by molar-refractivity contribution is 5.96. The van der Waals surface area contributed by atoms with Gasteiger partial charge in [0.15, 0.2) is 11.5 Å². The first-order valence-electron chi connectivity index (χ1n) is 8.05. The second-order valence-electron chi connectivity index (χ2n) is 5.70. The maximum Gasteiger partial charge on any atom is 0.288 e. The molecule has 26 heavy (non-hydrogen) atoms. The van der Waals surface area contributed by atoms with Gasteiger partial charge in [0.05, 0.1) is 5.52 Å². The van der Waals surface area contributed by atoms with Gasteiger partial charge in [-0.05, 0) is 24.3 Å². The number of hydrazine groups is 1. The van der Waals surface area contributed by atoms with Gasteiger partial charge >= 0.3 is 0 Å². The minimum absolute atomic E-state index is 0.0624. The van der Waals surface area contributed by atoms with Crippen LogP contribution < -0.4 is 20.3 Å². The van der Waals surface area contributed by atoms with Crippen LogP contribution in [0.3, 0.4) is 0 Å². The molecule has 2 N–H and O–H groups in total. The van der Waals surface area contributed by atoms with Crippen LogP contribution in [0.15, 0.2) is 60.7 Å². The molecule has 2 amide bonds. The van der Waals surface area contributed by atoms with Crippen molar-refractivity contribution in [2.45, 2.75) is 6.10 Å². The number of pyridine rings is 1. The highest BCUT2D eigenvalue weighted by atomic mass is 16.6. The van der Waals surface area contributed by atoms with Crippen molar-refractivity contribution in [3.63, 3.8) is 0 Å². The molecule has 2 aromatic carbocycles. The summed E-state index contributed by atoms with van der Waals surface area (Å²) in [5.74, 6) is 0.0530. The van der Waals surface area contributed by atoms with Crippen LogP contribution >= 0.6 is 0 Å². The summed E-state index contributed by atoms with van der Waals surface area (Å²) in [6, 6.07) is 17.9. The lowest BCUT2D eigenvalue weighted by atomic mass is 10.2. The standard InChI is InChI=1S/C19H15N3O4/c23-18(14-10-9-12-5-1-2-6-13(12)20-14)21-22-19(24)17-11-25-15-7-3-4-8-16(15)26-17/h1-10,17H,11H2,(H,21,23)(H,22,24)/t17-/m1/s1. The topological polar surface area (TPSA) is 89.6 Å². The fourth-order valence-electron chi connectivity index (χ4n) is 2.60. The van der Waals surface area contributed by atoms with Gasteiger partial charge in [-0.15, -0.1) is 0 Å². The van der Waals surface area contributed by atoms with E-state index in [0.29, 0.717) is 17.0 Å². The summed E-state index contributed by atoms with van der Waals surface area (Å²) in [4.78, 5) is 28.7. The summed E-state index contributed by atoms with van der Waals surface area (Å²) in [6.45, 7) is 0.0624. The molecular formula is C19H15N3O4. The van der Waals surface area contributed by atoms with Gasteiger partial charge in [0.1, 0.15) is 12.3 Å². The number of aromatic nitrogens is 1. The second kappa shape index (κ2) is 6.72. The predicted octanol–water partition coefficient (Wildman–Crippen LogP) is 1.84. The molecule has 0 bridgehead atoms. The molecule has 2 heterocycles. The van der Waals surface area contributed by atoms with Crippen molar-refractivity contribution in [3.05, 3.63) is 66.4 Å². The molecule has 1 atom stereocenters. The first-order valence-corrected chi connectivity index (χ1v) is 8.05. The van der Waals surface area contributed by atoms with Gasteiger partial charge in [0.25, 0.3) is 11.8 Å². The summed E-state index contributed by atoms with van der Waals surface area (Å²) in [7, 11) is 0. The van der Waals surface area contributed by atoms with Crippen molar-refractivity contribution in [1.82, 2.24) is 15.8 Å². The highest BCUT2D eigenvalue weighted by Gasteiger charge is 2.27. The van der Waals surface area contributed by atoms with Crippen LogP contribution in [0.5, 0.6) is 11.5 Å². The van der Waals surface area contributed by atoms with E-state index >= 15 is 0 Å². The minimum Gasteiger partial charge on any atom is -0.485 e. The number of rotatable bonds is 2. The first-order chi connectivity index (χ1) is 12.7. The molecule has 7 heteroatoms. The Hall–Kier alpha value is -3.61. The van der Waals surface area contributed by atoms with Gasteiger partial charge in [-0.2, -0.15) is 0 Å². The molecule has 1 aliphatic heterocycles. The number of hydrogen-bond donors (Lipinski definition) is 2. The molecule has 0 radical (unpaired) electrons. The molecular weight excluding hydrogens is 334 g/mol. The third-order valence-electron chi connectivity index (χ3n) is 3.93. The van der Waals surface area contributed by atoms with Crippen LogP contribution in [-0.4, -0.2) is 29.5 Å². The zero-order valence-corrected chi connectivity index (χ0v) is 13.6. The quantitative estimate of drug-likeness (QED) is 0.689. The molecule has 0 aliphatic carbocycles. The van der Waals surface area contributed by atoms with E-state index in [1.165, 1.54) is 0 Å². The summed E-state index contributed by atoms with van der Waals surface area (Å²) >= 11 is 0. The van der Waals surface area contributed by atoms with Crippen LogP contribution in [0, 0.1) is 0 Å². The summed E-state index contributed by atoms with van der Waals surface area (Å²) < 4.78 is 11.1. The Morgan fingerprint density at radius 1 is 0.923 bits per heavy atom. The number of benzene rings is 2. The van der Waals surface area contributed by atoms with E-state index in [0.717, 1.165) is 5.39 Å². The van der Waals surface area contributed by atoms with Crippen molar-refractivity contribution in [1.29, 1.82) is 0 Å². The molecule has 3 aromatic rings. The second-order valence-corrected chi connectivity index (χ2v) is 5.70. The van der Waals surface area contributed by atoms with Gasteiger partial charge in [-0.1, -0.05) is 36.4 Å². The van der Waals surface area contributed by atoms with Crippen molar-refractivity contribution in [2.24, 2.45) is 0 Å². The average Bonchev–Trinajstić information content (AvgIpc) is 2.71. The highest BCUT2D eigenvalue weighted by Crippen LogP contribution is 2.30. The summed E-state index contributed by atoms with van der Waals surface area (Å²) in [5.41, 5.74) is 5.60. The van der Waals surface area contributed by atoms with Gasteiger partial charge < -0.3 is 9.47 Å². The number of hydrogen-bond acceptors (Lipinski definition) is 5. The first kappa shape index (κ1) is 15.9. The molecule has 4 rings (SSSR count). The lowest BCUT2D eigenvalue weighted by Crippen LogP contribution is -2.51. The van der Waals surface area contributed by atoms with Crippen LogP contribution in [0.4, 0.5) is 0 Å². The largest absolute Gasteiger partial charge is 0.485 e. The number of fused-ring (bicyclic) bond motifs is 2. The Balaban J connectivity index is 1.38. The van der Waals surface area contributed by atoms with Gasteiger partial charge in [0, 0.05) is 5.39 Å². The van der Waals surface area contributed by atoms with E-state index in [9.17, 15) is 9.59 Å². The molecule has 130 valence electrons. The van der Waals surface area contributed by atoms with Crippen molar-refractivity contribution in [3.8, 4) is 11.5 Å². The monoisotopic (exact) mass is 349 g/mol. The lowest BCUT2D eigenvalue weighted by Gasteiger charge is -2.25. The van der Waals surface area contributed by atoms with E-state index < -0.39 is 17.9 Å². The van der Waals surface area contributed by atoms with Crippen molar-refractivity contribution in [2.75, 3.05) is 6.61 Å². The zero-order valence-electron chi connectivity index (χ0n) is 13.6. The number of nitrogens with one attached hydrogen (secondary N) is 2. The van der Waals surface area contributed by atoms with Crippen LogP contribution in [0.1, 0.15) is 10.5 Å². The van der Waals surface area contributed by atoms with E-state index in [1.807, 2.05) is 30.3 Å². The Labute approximate surface area is 148 Å². The third kappa shape index (κ3) is 3.14. The molecule has 0 saturated carbocycles. The molecule has 0 spiro atoms. The van der Waals surface area contributed by atoms with Gasteiger partial charge in [-0.25, -0.2) is 4.98 Å². The minimum atomic E-state index is -0.852. The van der Waals surface area contributed by atoms with E-state index in [1.54, 1.807) is 30.3 Å². The molecule has 1 aliphatic rings. The van der Waals surface area contributed by atoms with Crippen LogP contribution in [0.25, 0.3) is 10.9 Å². The predicted molar refractivity (Wildman–Crippen MR) is 93.7 cm³/mol. The van der Waals surface area contributed by atoms with Gasteiger partial charge in [0.2, 0.25) is 6.10 Å². The maximum atomic E-state index is 12.2. The van der Waals surface area contributed by atoms with Crippen LogP contribution in [-0.2, 0) is 4.79 Å². The van der Waals surface area contributed by atoms with Gasteiger partial charge in [-0.3, -0.25) is 20.4 Å². The Morgan fingerprint density at radius 2 is 1.69 bits per heavy atom. The number of ether oxygens (including phenoxy) is 2. The number of para-hydroxylation sites is 3. The Bertz CT molecular complexity index is 989. The molecule has 1 aromatic heterocycles. The SMILES string of the molecule is O=C(NNC(=O)[C@H]1COc2ccccc2O1)c1ccc2ccccc2n1. The summed E-state index contributed by atoms with van der Waals surface area (Å²) in [5, 5.41) is 0.930. The fourth-order valence-corrected chi connectivity index (χ4v) is 2.60. The van der Waals surface area contributed by atoms with E-state index in [2.05, 4.69) is 15.8 Å². The Kier molecular flexibility index (Phi) is 4.10. The smallest absolute Gasteiger partial charge is 0.288 e. The zero-order chi connectivity index (χ0) is 17.9. The molecule has 0 unspecified atom stereocenters.